The molecule has 5 heteroatoms. The van der Waals surface area contributed by atoms with Crippen molar-refractivity contribution in [3.63, 3.8) is 0 Å². The number of alkyl halides is 1. The van der Waals surface area contributed by atoms with Crippen molar-refractivity contribution in [2.45, 2.75) is 13.0 Å². The topological polar surface area (TPSA) is 58.2 Å². The molecule has 22 heavy (non-hydrogen) atoms. The molecule has 0 saturated carbocycles. The van der Waals surface area contributed by atoms with Gasteiger partial charge in [0, 0.05) is 0 Å². The van der Waals surface area contributed by atoms with E-state index in [4.69, 9.17) is 11.6 Å². The summed E-state index contributed by atoms with van der Waals surface area (Å²) in [6.45, 7) is 1.91. The molecule has 114 valence electrons. The van der Waals surface area contributed by atoms with E-state index >= 15 is 0 Å². The smallest absolute Gasteiger partial charge is 0.253 e. The van der Waals surface area contributed by atoms with Crippen LogP contribution in [0.3, 0.4) is 0 Å². The zero-order valence-corrected chi connectivity index (χ0v) is 12.9. The molecule has 2 aromatic rings. The van der Waals surface area contributed by atoms with Crippen molar-refractivity contribution in [2.24, 2.45) is 0 Å². The fourth-order valence-corrected chi connectivity index (χ4v) is 2.14. The van der Waals surface area contributed by atoms with Crippen molar-refractivity contribution in [1.29, 1.82) is 0 Å². The number of hydrogen-bond donors (Lipinski definition) is 2. The van der Waals surface area contributed by atoms with Crippen molar-refractivity contribution >= 4 is 29.1 Å². The van der Waals surface area contributed by atoms with Gasteiger partial charge in [-0.2, -0.15) is 0 Å². The predicted octanol–water partition coefficient (Wildman–Crippen LogP) is 3.35. The third-order valence-corrected chi connectivity index (χ3v) is 3.46. The first-order chi connectivity index (χ1) is 10.6. The van der Waals surface area contributed by atoms with Crippen LogP contribution in [0.15, 0.2) is 54.6 Å². The van der Waals surface area contributed by atoms with E-state index in [1.54, 1.807) is 24.3 Å². The molecule has 0 heterocycles. The molecule has 0 aromatic heterocycles. The van der Waals surface area contributed by atoms with E-state index in [0.29, 0.717) is 11.3 Å². The maximum Gasteiger partial charge on any atom is 0.253 e. The second-order valence-corrected chi connectivity index (χ2v) is 5.10. The highest BCUT2D eigenvalue weighted by molar-refractivity contribution is 6.29. The minimum absolute atomic E-state index is 0.134. The molecule has 0 aliphatic carbocycles. The normalized spacial score (nSPS) is 11.5. The first-order valence-electron chi connectivity index (χ1n) is 6.92. The Bertz CT molecular complexity index is 659. The van der Waals surface area contributed by atoms with Crippen LogP contribution < -0.4 is 10.6 Å². The third-order valence-electron chi connectivity index (χ3n) is 3.21. The van der Waals surface area contributed by atoms with Crippen LogP contribution in [0, 0.1) is 0 Å². The highest BCUT2D eigenvalue weighted by Gasteiger charge is 2.15. The van der Waals surface area contributed by atoms with E-state index in [1.165, 1.54) is 0 Å². The van der Waals surface area contributed by atoms with Gasteiger partial charge in [-0.05, 0) is 24.6 Å². The molecule has 0 fully saturated rings. The van der Waals surface area contributed by atoms with E-state index in [-0.39, 0.29) is 23.7 Å². The standard InChI is InChI=1S/C17H17ClN2O2/c1-12(13-7-3-2-4-8-13)19-17(22)14-9-5-6-10-15(14)20-16(21)11-18/h2-10,12H,11H2,1H3,(H,19,22)(H,20,21)/t12-/m0/s1. The molecule has 2 amide bonds. The van der Waals surface area contributed by atoms with Crippen LogP contribution in [0.25, 0.3) is 0 Å². The van der Waals surface area contributed by atoms with Gasteiger partial charge >= 0.3 is 0 Å². The molecule has 1 atom stereocenters. The largest absolute Gasteiger partial charge is 0.345 e. The lowest BCUT2D eigenvalue weighted by Crippen LogP contribution is -2.28. The van der Waals surface area contributed by atoms with Gasteiger partial charge < -0.3 is 10.6 Å². The maximum absolute atomic E-state index is 12.4. The lowest BCUT2D eigenvalue weighted by Gasteiger charge is -2.16. The highest BCUT2D eigenvalue weighted by Crippen LogP contribution is 2.18. The summed E-state index contributed by atoms with van der Waals surface area (Å²) in [5.41, 5.74) is 1.87. The molecule has 4 nitrogen and oxygen atoms in total. The Morgan fingerprint density at radius 1 is 1.05 bits per heavy atom. The Hall–Kier alpha value is -2.33. The number of benzene rings is 2. The van der Waals surface area contributed by atoms with Crippen LogP contribution in [0.4, 0.5) is 5.69 Å². The first kappa shape index (κ1) is 16.0. The molecule has 0 radical (unpaired) electrons. The van der Waals surface area contributed by atoms with E-state index in [2.05, 4.69) is 10.6 Å². The fraction of sp³-hybridized carbons (Fsp3) is 0.176. The molecule has 2 aromatic carbocycles. The van der Waals surface area contributed by atoms with E-state index in [9.17, 15) is 9.59 Å². The Kier molecular flexibility index (Phi) is 5.55. The number of anilines is 1. The molecule has 0 saturated heterocycles. The fourth-order valence-electron chi connectivity index (χ4n) is 2.07. The second kappa shape index (κ2) is 7.61. The molecule has 0 unspecified atom stereocenters. The SMILES string of the molecule is C[C@H](NC(=O)c1ccccc1NC(=O)CCl)c1ccccc1. The van der Waals surface area contributed by atoms with Gasteiger partial charge in [-0.25, -0.2) is 0 Å². The van der Waals surface area contributed by atoms with E-state index < -0.39 is 0 Å². The summed E-state index contributed by atoms with van der Waals surface area (Å²) < 4.78 is 0. The summed E-state index contributed by atoms with van der Waals surface area (Å²) >= 11 is 5.49. The van der Waals surface area contributed by atoms with Gasteiger partial charge in [0.25, 0.3) is 5.91 Å². The molecular weight excluding hydrogens is 300 g/mol. The number of carbonyl (C=O) groups is 2. The number of halogens is 1. The van der Waals surface area contributed by atoms with Gasteiger partial charge in [0.15, 0.2) is 0 Å². The minimum Gasteiger partial charge on any atom is -0.345 e. The summed E-state index contributed by atoms with van der Waals surface area (Å²) in [5, 5.41) is 5.54. The first-order valence-corrected chi connectivity index (χ1v) is 7.46. The number of para-hydroxylation sites is 1. The molecule has 2 rings (SSSR count). The van der Waals surface area contributed by atoms with Crippen LogP contribution in [-0.4, -0.2) is 17.7 Å². The Morgan fingerprint density at radius 2 is 1.68 bits per heavy atom. The van der Waals surface area contributed by atoms with Crippen molar-refractivity contribution in [3.8, 4) is 0 Å². The summed E-state index contributed by atoms with van der Waals surface area (Å²) in [6.07, 6.45) is 0. The summed E-state index contributed by atoms with van der Waals surface area (Å²) in [7, 11) is 0. The van der Waals surface area contributed by atoms with Crippen molar-refractivity contribution in [1.82, 2.24) is 5.32 Å². The summed E-state index contributed by atoms with van der Waals surface area (Å²) in [4.78, 5) is 23.8. The lowest BCUT2D eigenvalue weighted by atomic mass is 10.1. The maximum atomic E-state index is 12.4. The summed E-state index contributed by atoms with van der Waals surface area (Å²) in [5.74, 6) is -0.754. The van der Waals surface area contributed by atoms with Crippen LogP contribution in [0.5, 0.6) is 0 Å². The van der Waals surface area contributed by atoms with E-state index in [0.717, 1.165) is 5.56 Å². The molecule has 0 aliphatic heterocycles. The number of nitrogens with one attached hydrogen (secondary N) is 2. The van der Waals surface area contributed by atoms with Crippen molar-refractivity contribution in [3.05, 3.63) is 65.7 Å². The monoisotopic (exact) mass is 316 g/mol. The highest BCUT2D eigenvalue weighted by atomic mass is 35.5. The Morgan fingerprint density at radius 3 is 2.36 bits per heavy atom. The average molecular weight is 317 g/mol. The van der Waals surface area contributed by atoms with Gasteiger partial charge in [0.2, 0.25) is 5.91 Å². The molecule has 0 bridgehead atoms. The van der Waals surface area contributed by atoms with Crippen molar-refractivity contribution < 1.29 is 9.59 Å². The molecule has 0 aliphatic rings. The molecule has 2 N–H and O–H groups in total. The van der Waals surface area contributed by atoms with E-state index in [1.807, 2.05) is 37.3 Å². The number of hydrogen-bond acceptors (Lipinski definition) is 2. The van der Waals surface area contributed by atoms with Gasteiger partial charge in [0.05, 0.1) is 17.3 Å². The van der Waals surface area contributed by atoms with Gasteiger partial charge in [-0.3, -0.25) is 9.59 Å². The number of rotatable bonds is 5. The van der Waals surface area contributed by atoms with Crippen LogP contribution >= 0.6 is 11.6 Å². The zero-order chi connectivity index (χ0) is 15.9. The number of carbonyl (C=O) groups excluding carboxylic acids is 2. The van der Waals surface area contributed by atoms with Crippen molar-refractivity contribution in [2.75, 3.05) is 11.2 Å². The predicted molar refractivity (Wildman–Crippen MR) is 88.1 cm³/mol. The number of amides is 2. The Balaban J connectivity index is 2.14. The summed E-state index contributed by atoms with van der Waals surface area (Å²) in [6, 6.07) is 16.4. The lowest BCUT2D eigenvalue weighted by molar-refractivity contribution is -0.113. The second-order valence-electron chi connectivity index (χ2n) is 4.83. The third kappa shape index (κ3) is 4.09. The average Bonchev–Trinajstić information content (AvgIpc) is 2.55. The van der Waals surface area contributed by atoms with Crippen LogP contribution in [0.2, 0.25) is 0 Å². The molecule has 0 spiro atoms. The van der Waals surface area contributed by atoms with Crippen LogP contribution in [0.1, 0.15) is 28.9 Å². The molecular formula is C17H17ClN2O2. The van der Waals surface area contributed by atoms with Crippen LogP contribution in [-0.2, 0) is 4.79 Å². The van der Waals surface area contributed by atoms with Gasteiger partial charge in [0.1, 0.15) is 5.88 Å². The van der Waals surface area contributed by atoms with Gasteiger partial charge in [-0.15, -0.1) is 11.6 Å². The quantitative estimate of drug-likeness (QED) is 0.831. The Labute approximate surface area is 134 Å². The van der Waals surface area contributed by atoms with Gasteiger partial charge in [-0.1, -0.05) is 42.5 Å². The zero-order valence-electron chi connectivity index (χ0n) is 12.2. The minimum atomic E-state index is -0.349.